The maximum Gasteiger partial charge on any atom is 0.239 e. The van der Waals surface area contributed by atoms with Crippen LogP contribution in [0.15, 0.2) is 36.4 Å². The fourth-order valence-corrected chi connectivity index (χ4v) is 2.88. The zero-order valence-electron chi connectivity index (χ0n) is 15.9. The molecule has 0 heterocycles. The molecule has 0 fully saturated rings. The molecule has 2 amide bonds. The Morgan fingerprint density at radius 2 is 1.50 bits per heavy atom. The highest BCUT2D eigenvalue weighted by Gasteiger charge is 2.36. The van der Waals surface area contributed by atoms with Gasteiger partial charge >= 0.3 is 0 Å². The van der Waals surface area contributed by atoms with E-state index >= 15 is 0 Å². The van der Waals surface area contributed by atoms with E-state index in [1.54, 1.807) is 26.0 Å². The van der Waals surface area contributed by atoms with Crippen molar-refractivity contribution in [3.8, 4) is 0 Å². The van der Waals surface area contributed by atoms with E-state index in [4.69, 9.17) is 11.6 Å². The number of aryl methyl sites for hydroxylation is 3. The molecule has 2 aromatic rings. The number of halogens is 1. The largest absolute Gasteiger partial charge is 0.351 e. The molecule has 138 valence electrons. The summed E-state index contributed by atoms with van der Waals surface area (Å²) in [6.07, 6.45) is 0. The van der Waals surface area contributed by atoms with Gasteiger partial charge < -0.3 is 10.6 Å². The topological polar surface area (TPSA) is 58.2 Å². The summed E-state index contributed by atoms with van der Waals surface area (Å²) >= 11 is 5.86. The van der Waals surface area contributed by atoms with Crippen LogP contribution >= 0.6 is 11.6 Å². The summed E-state index contributed by atoms with van der Waals surface area (Å²) in [6.45, 7) is 9.50. The Bertz CT molecular complexity index is 803. The van der Waals surface area contributed by atoms with Gasteiger partial charge in [0.25, 0.3) is 0 Å². The second-order valence-electron chi connectivity index (χ2n) is 7.16. The van der Waals surface area contributed by atoms with E-state index in [1.165, 1.54) is 0 Å². The Labute approximate surface area is 159 Å². The van der Waals surface area contributed by atoms with Gasteiger partial charge in [-0.25, -0.2) is 0 Å². The maximum atomic E-state index is 12.7. The van der Waals surface area contributed by atoms with Crippen LogP contribution in [0.1, 0.15) is 36.1 Å². The molecule has 0 aliphatic carbocycles. The monoisotopic (exact) mass is 372 g/mol. The van der Waals surface area contributed by atoms with Crippen LogP contribution in [-0.2, 0) is 16.1 Å². The van der Waals surface area contributed by atoms with Crippen molar-refractivity contribution in [2.75, 3.05) is 5.32 Å². The summed E-state index contributed by atoms with van der Waals surface area (Å²) < 4.78 is 0. The Kier molecular flexibility index (Phi) is 6.09. The quantitative estimate of drug-likeness (QED) is 0.756. The van der Waals surface area contributed by atoms with E-state index in [0.29, 0.717) is 11.6 Å². The number of anilines is 1. The van der Waals surface area contributed by atoms with Crippen molar-refractivity contribution < 1.29 is 9.59 Å². The summed E-state index contributed by atoms with van der Waals surface area (Å²) in [7, 11) is 0. The molecule has 0 spiro atoms. The molecule has 0 saturated carbocycles. The van der Waals surface area contributed by atoms with Crippen LogP contribution in [0.4, 0.5) is 5.69 Å². The summed E-state index contributed by atoms with van der Waals surface area (Å²) in [5, 5.41) is 6.38. The predicted molar refractivity (Wildman–Crippen MR) is 106 cm³/mol. The highest BCUT2D eigenvalue weighted by atomic mass is 35.5. The molecular formula is C21H25ClN2O2. The first-order chi connectivity index (χ1) is 12.1. The summed E-state index contributed by atoms with van der Waals surface area (Å²) in [5.74, 6) is -0.659. The third-order valence-electron chi connectivity index (χ3n) is 4.42. The van der Waals surface area contributed by atoms with Gasteiger partial charge in [0.05, 0.1) is 0 Å². The number of benzene rings is 2. The lowest BCUT2D eigenvalue weighted by molar-refractivity contribution is -0.138. The number of rotatable bonds is 5. The van der Waals surface area contributed by atoms with Crippen molar-refractivity contribution in [2.45, 2.75) is 41.2 Å². The molecule has 26 heavy (non-hydrogen) atoms. The fourth-order valence-electron chi connectivity index (χ4n) is 2.76. The molecule has 4 nitrogen and oxygen atoms in total. The average Bonchev–Trinajstić information content (AvgIpc) is 2.56. The second-order valence-corrected chi connectivity index (χ2v) is 7.60. The normalized spacial score (nSPS) is 11.2. The van der Waals surface area contributed by atoms with Crippen LogP contribution in [0.25, 0.3) is 0 Å². The molecule has 0 aromatic heterocycles. The zero-order chi connectivity index (χ0) is 19.5. The van der Waals surface area contributed by atoms with E-state index in [2.05, 4.69) is 10.6 Å². The first-order valence-corrected chi connectivity index (χ1v) is 8.91. The van der Waals surface area contributed by atoms with Gasteiger partial charge in [-0.15, -0.1) is 0 Å². The minimum absolute atomic E-state index is 0.327. The Hall–Kier alpha value is -2.33. The van der Waals surface area contributed by atoms with Crippen molar-refractivity contribution in [1.29, 1.82) is 0 Å². The highest BCUT2D eigenvalue weighted by Crippen LogP contribution is 2.25. The lowest BCUT2D eigenvalue weighted by Crippen LogP contribution is -2.45. The van der Waals surface area contributed by atoms with Crippen LogP contribution in [0.3, 0.4) is 0 Å². The lowest BCUT2D eigenvalue weighted by atomic mass is 9.90. The minimum atomic E-state index is -1.20. The summed E-state index contributed by atoms with van der Waals surface area (Å²) in [4.78, 5) is 25.3. The van der Waals surface area contributed by atoms with E-state index in [9.17, 15) is 9.59 Å². The van der Waals surface area contributed by atoms with Crippen molar-refractivity contribution in [3.63, 3.8) is 0 Å². The molecule has 0 bridgehead atoms. The van der Waals surface area contributed by atoms with Crippen LogP contribution < -0.4 is 10.6 Å². The van der Waals surface area contributed by atoms with Gasteiger partial charge in [-0.3, -0.25) is 9.59 Å². The first-order valence-electron chi connectivity index (χ1n) is 8.53. The maximum absolute atomic E-state index is 12.7. The number of hydrogen-bond donors (Lipinski definition) is 2. The summed E-state index contributed by atoms with van der Waals surface area (Å²) in [6, 6.07) is 11.2. The summed E-state index contributed by atoms with van der Waals surface area (Å²) in [5.41, 5.74) is 3.58. The van der Waals surface area contributed by atoms with Gasteiger partial charge in [0, 0.05) is 17.3 Å². The van der Waals surface area contributed by atoms with E-state index in [1.807, 2.05) is 45.0 Å². The van der Waals surface area contributed by atoms with Crippen molar-refractivity contribution in [1.82, 2.24) is 5.32 Å². The van der Waals surface area contributed by atoms with Crippen LogP contribution in [0.5, 0.6) is 0 Å². The van der Waals surface area contributed by atoms with Crippen molar-refractivity contribution >= 4 is 29.1 Å². The smallest absolute Gasteiger partial charge is 0.239 e. The van der Waals surface area contributed by atoms with E-state index in [-0.39, 0.29) is 11.8 Å². The minimum Gasteiger partial charge on any atom is -0.351 e. The first kappa shape index (κ1) is 20.0. The molecule has 0 atom stereocenters. The van der Waals surface area contributed by atoms with Gasteiger partial charge in [0.2, 0.25) is 11.8 Å². The van der Waals surface area contributed by atoms with Crippen molar-refractivity contribution in [2.24, 2.45) is 5.41 Å². The molecule has 0 aliphatic rings. The molecular weight excluding hydrogens is 348 g/mol. The molecule has 2 rings (SSSR count). The molecule has 0 radical (unpaired) electrons. The van der Waals surface area contributed by atoms with Crippen molar-refractivity contribution in [3.05, 3.63) is 63.7 Å². The number of hydrogen-bond acceptors (Lipinski definition) is 2. The molecule has 0 aliphatic heterocycles. The van der Waals surface area contributed by atoms with Gasteiger partial charge in [0.1, 0.15) is 5.41 Å². The average molecular weight is 373 g/mol. The predicted octanol–water partition coefficient (Wildman–Crippen LogP) is 4.55. The highest BCUT2D eigenvalue weighted by molar-refractivity contribution is 6.30. The van der Waals surface area contributed by atoms with Crippen LogP contribution in [-0.4, -0.2) is 11.8 Å². The molecule has 2 aromatic carbocycles. The fraction of sp³-hybridized carbons (Fsp3) is 0.333. The van der Waals surface area contributed by atoms with Gasteiger partial charge in [-0.2, -0.15) is 0 Å². The van der Waals surface area contributed by atoms with E-state index < -0.39 is 5.41 Å². The van der Waals surface area contributed by atoms with Crippen LogP contribution in [0.2, 0.25) is 5.02 Å². The third kappa shape index (κ3) is 4.64. The third-order valence-corrected chi connectivity index (χ3v) is 4.67. The molecule has 5 heteroatoms. The molecule has 2 N–H and O–H groups in total. The Balaban J connectivity index is 2.06. The Morgan fingerprint density at radius 3 is 2.04 bits per heavy atom. The number of carbonyl (C=O) groups excluding carboxylic acids is 2. The zero-order valence-corrected chi connectivity index (χ0v) is 16.6. The number of nitrogens with one attached hydrogen (secondary N) is 2. The van der Waals surface area contributed by atoms with Gasteiger partial charge in [-0.05, 0) is 63.4 Å². The Morgan fingerprint density at radius 1 is 0.962 bits per heavy atom. The van der Waals surface area contributed by atoms with E-state index in [0.717, 1.165) is 27.9 Å². The standard InChI is InChI=1S/C21H25ClN2O2/c1-13-10-14(2)18(15(3)11-13)24-20(26)21(4,5)19(25)23-12-16-6-8-17(22)9-7-16/h6-11H,12H2,1-5H3,(H,23,25)(H,24,26). The SMILES string of the molecule is Cc1cc(C)c(NC(=O)C(C)(C)C(=O)NCc2ccc(Cl)cc2)c(C)c1. The lowest BCUT2D eigenvalue weighted by Gasteiger charge is -2.24. The molecule has 0 unspecified atom stereocenters. The van der Waals surface area contributed by atoms with Gasteiger partial charge in [-0.1, -0.05) is 41.4 Å². The number of amides is 2. The van der Waals surface area contributed by atoms with Crippen LogP contribution in [0, 0.1) is 26.2 Å². The van der Waals surface area contributed by atoms with Gasteiger partial charge in [0.15, 0.2) is 0 Å². The molecule has 0 saturated heterocycles. The second kappa shape index (κ2) is 7.92. The number of carbonyl (C=O) groups is 2.